The van der Waals surface area contributed by atoms with Gasteiger partial charge in [-0.3, -0.25) is 4.79 Å². The van der Waals surface area contributed by atoms with Gasteiger partial charge in [-0.25, -0.2) is 0 Å². The lowest BCUT2D eigenvalue weighted by Crippen LogP contribution is -2.37. The monoisotopic (exact) mass is 328 g/mol. The van der Waals surface area contributed by atoms with Crippen LogP contribution in [0.1, 0.15) is 29.3 Å². The summed E-state index contributed by atoms with van der Waals surface area (Å²) >= 11 is 8.28. The third-order valence-electron chi connectivity index (χ3n) is 2.88. The first-order chi connectivity index (χ1) is 8.32. The number of rotatable bonds is 4. The van der Waals surface area contributed by atoms with Crippen molar-refractivity contribution in [3.05, 3.63) is 33.8 Å². The number of nitrogens with zero attached hydrogens (tertiary/aromatic N) is 1. The lowest BCUT2D eigenvalue weighted by molar-refractivity contribution is 0.0748. The summed E-state index contributed by atoms with van der Waals surface area (Å²) in [4.78, 5) is 14.4. The number of nitrogens with two attached hydrogens (primary N) is 1. The quantitative estimate of drug-likeness (QED) is 0.864. The summed E-state index contributed by atoms with van der Waals surface area (Å²) in [6.45, 7) is 3.89. The molecule has 1 amide bonds. The molecule has 98 valence electrons. The molecule has 18 heavy (non-hydrogen) atoms. The summed E-state index contributed by atoms with van der Waals surface area (Å²) in [5.41, 5.74) is 7.21. The molecular weight excluding hydrogens is 312 g/mol. The summed E-state index contributed by atoms with van der Waals surface area (Å²) in [6.07, 6.45) is 0.535. The second kappa shape index (κ2) is 6.29. The van der Waals surface area contributed by atoms with Crippen molar-refractivity contribution in [2.45, 2.75) is 26.3 Å². The number of amides is 1. The van der Waals surface area contributed by atoms with Crippen molar-refractivity contribution in [3.8, 4) is 0 Å². The predicted molar refractivity (Wildman–Crippen MR) is 81.8 cm³/mol. The fourth-order valence-corrected chi connectivity index (χ4v) is 2.10. The Balaban J connectivity index is 2.86. The van der Waals surface area contributed by atoms with Gasteiger partial charge in [0, 0.05) is 29.5 Å². The van der Waals surface area contributed by atoms with Crippen LogP contribution in [0.2, 0.25) is 0 Å². The van der Waals surface area contributed by atoms with Gasteiger partial charge in [-0.1, -0.05) is 28.1 Å². The highest BCUT2D eigenvalue weighted by molar-refractivity contribution is 9.10. The maximum Gasteiger partial charge on any atom is 0.253 e. The predicted octanol–water partition coefficient (Wildman–Crippen LogP) is 2.89. The van der Waals surface area contributed by atoms with Crippen LogP contribution in [-0.4, -0.2) is 28.9 Å². The molecule has 1 unspecified atom stereocenters. The fraction of sp³-hybridized carbons (Fsp3) is 0.385. The van der Waals surface area contributed by atoms with E-state index in [-0.39, 0.29) is 11.9 Å². The smallest absolute Gasteiger partial charge is 0.253 e. The van der Waals surface area contributed by atoms with Gasteiger partial charge in [0.25, 0.3) is 5.91 Å². The van der Waals surface area contributed by atoms with Gasteiger partial charge >= 0.3 is 0 Å². The fourth-order valence-electron chi connectivity index (χ4n) is 1.61. The Bertz CT molecular complexity index is 476. The molecule has 5 heteroatoms. The topological polar surface area (TPSA) is 46.3 Å². The van der Waals surface area contributed by atoms with Crippen LogP contribution in [0.3, 0.4) is 0 Å². The van der Waals surface area contributed by atoms with Gasteiger partial charge in [0.15, 0.2) is 0 Å². The molecule has 0 saturated carbocycles. The zero-order chi connectivity index (χ0) is 13.9. The number of benzene rings is 1. The highest BCUT2D eigenvalue weighted by Gasteiger charge is 2.18. The summed E-state index contributed by atoms with van der Waals surface area (Å²) in [5.74, 6) is -0.0191. The number of carbonyl (C=O) groups is 1. The Hall–Kier alpha value is -0.940. The number of thiocarbonyl (C=S) groups is 1. The van der Waals surface area contributed by atoms with Crippen LogP contribution in [0.4, 0.5) is 0 Å². The van der Waals surface area contributed by atoms with E-state index in [2.05, 4.69) is 15.9 Å². The van der Waals surface area contributed by atoms with Crippen LogP contribution in [0.5, 0.6) is 0 Å². The van der Waals surface area contributed by atoms with Crippen molar-refractivity contribution in [2.75, 3.05) is 7.05 Å². The van der Waals surface area contributed by atoms with E-state index in [9.17, 15) is 4.79 Å². The van der Waals surface area contributed by atoms with E-state index in [1.54, 1.807) is 11.9 Å². The first kappa shape index (κ1) is 15.1. The molecule has 1 atom stereocenters. The van der Waals surface area contributed by atoms with Crippen LogP contribution in [-0.2, 0) is 0 Å². The van der Waals surface area contributed by atoms with Crippen molar-refractivity contribution in [2.24, 2.45) is 5.73 Å². The molecule has 0 aliphatic heterocycles. The molecule has 0 fully saturated rings. The van der Waals surface area contributed by atoms with Gasteiger partial charge < -0.3 is 10.6 Å². The van der Waals surface area contributed by atoms with Crippen LogP contribution in [0.25, 0.3) is 0 Å². The third-order valence-corrected chi connectivity index (χ3v) is 3.94. The van der Waals surface area contributed by atoms with Crippen molar-refractivity contribution >= 4 is 39.0 Å². The Morgan fingerprint density at radius 2 is 2.17 bits per heavy atom. The molecule has 3 nitrogen and oxygen atoms in total. The Morgan fingerprint density at radius 1 is 1.56 bits per heavy atom. The Morgan fingerprint density at radius 3 is 2.67 bits per heavy atom. The SMILES string of the molecule is Cc1cc(C(=O)N(C)C(C)CC(N)=S)ccc1Br. The average molecular weight is 329 g/mol. The number of hydrogen-bond donors (Lipinski definition) is 1. The van der Waals surface area contributed by atoms with Crippen molar-refractivity contribution in [1.29, 1.82) is 0 Å². The molecule has 1 aromatic carbocycles. The summed E-state index contributed by atoms with van der Waals surface area (Å²) in [6, 6.07) is 5.56. The molecule has 0 aliphatic rings. The molecule has 0 aromatic heterocycles. The third kappa shape index (κ3) is 3.78. The molecule has 0 radical (unpaired) electrons. The highest BCUT2D eigenvalue weighted by Crippen LogP contribution is 2.18. The lowest BCUT2D eigenvalue weighted by Gasteiger charge is -2.24. The minimum Gasteiger partial charge on any atom is -0.393 e. The van der Waals surface area contributed by atoms with E-state index in [1.165, 1.54) is 0 Å². The van der Waals surface area contributed by atoms with E-state index in [0.717, 1.165) is 10.0 Å². The standard InChI is InChI=1S/C13H17BrN2OS/c1-8-6-10(4-5-11(8)14)13(17)16(3)9(2)7-12(15)18/h4-6,9H,7H2,1-3H3,(H2,15,18). The molecular formula is C13H17BrN2OS. The zero-order valence-electron chi connectivity index (χ0n) is 10.7. The molecule has 0 saturated heterocycles. The second-order valence-electron chi connectivity index (χ2n) is 4.40. The van der Waals surface area contributed by atoms with Gasteiger partial charge in [0.2, 0.25) is 0 Å². The molecule has 0 bridgehead atoms. The van der Waals surface area contributed by atoms with Crippen molar-refractivity contribution < 1.29 is 4.79 Å². The largest absolute Gasteiger partial charge is 0.393 e. The van der Waals surface area contributed by atoms with Crippen molar-refractivity contribution in [3.63, 3.8) is 0 Å². The van der Waals surface area contributed by atoms with E-state index < -0.39 is 0 Å². The van der Waals surface area contributed by atoms with Crippen LogP contribution >= 0.6 is 28.1 Å². The van der Waals surface area contributed by atoms with Gasteiger partial charge in [-0.2, -0.15) is 0 Å². The van der Waals surface area contributed by atoms with Gasteiger partial charge in [-0.15, -0.1) is 0 Å². The molecule has 1 aromatic rings. The number of halogens is 1. The summed E-state index contributed by atoms with van der Waals surface area (Å²) in [5, 5.41) is 0. The first-order valence-electron chi connectivity index (χ1n) is 5.64. The summed E-state index contributed by atoms with van der Waals surface area (Å²) in [7, 11) is 1.77. The molecule has 0 heterocycles. The molecule has 2 N–H and O–H groups in total. The van der Waals surface area contributed by atoms with E-state index in [4.69, 9.17) is 18.0 Å². The average Bonchev–Trinajstić information content (AvgIpc) is 2.30. The van der Waals surface area contributed by atoms with E-state index in [1.807, 2.05) is 32.0 Å². The first-order valence-corrected chi connectivity index (χ1v) is 6.84. The highest BCUT2D eigenvalue weighted by atomic mass is 79.9. The molecule has 0 spiro atoms. The van der Waals surface area contributed by atoms with Gasteiger partial charge in [0.1, 0.15) is 0 Å². The van der Waals surface area contributed by atoms with Crippen molar-refractivity contribution in [1.82, 2.24) is 4.90 Å². The lowest BCUT2D eigenvalue weighted by atomic mass is 10.1. The minimum atomic E-state index is -0.0191. The zero-order valence-corrected chi connectivity index (χ0v) is 13.1. The summed E-state index contributed by atoms with van der Waals surface area (Å²) < 4.78 is 0.998. The van der Waals surface area contributed by atoms with Gasteiger partial charge in [0.05, 0.1) is 4.99 Å². The molecule has 0 aliphatic carbocycles. The van der Waals surface area contributed by atoms with E-state index >= 15 is 0 Å². The minimum absolute atomic E-state index is 0.000970. The number of hydrogen-bond acceptors (Lipinski definition) is 2. The van der Waals surface area contributed by atoms with E-state index in [0.29, 0.717) is 17.0 Å². The van der Waals surface area contributed by atoms with Crippen LogP contribution in [0, 0.1) is 6.92 Å². The van der Waals surface area contributed by atoms with Crippen LogP contribution in [0.15, 0.2) is 22.7 Å². The number of aryl methyl sites for hydroxylation is 1. The van der Waals surface area contributed by atoms with Gasteiger partial charge in [-0.05, 0) is 37.6 Å². The maximum absolute atomic E-state index is 12.3. The molecule has 1 rings (SSSR count). The second-order valence-corrected chi connectivity index (χ2v) is 5.78. The van der Waals surface area contributed by atoms with Crippen LogP contribution < -0.4 is 5.73 Å². The maximum atomic E-state index is 12.3. The Kier molecular flexibility index (Phi) is 5.28. The normalized spacial score (nSPS) is 12.0. The number of carbonyl (C=O) groups excluding carboxylic acids is 1. The Labute approximate surface area is 121 Å².